The summed E-state index contributed by atoms with van der Waals surface area (Å²) in [6.07, 6.45) is 1.58. The lowest BCUT2D eigenvalue weighted by molar-refractivity contribution is 0.372. The predicted molar refractivity (Wildman–Crippen MR) is 103 cm³/mol. The van der Waals surface area contributed by atoms with Gasteiger partial charge in [-0.3, -0.25) is 0 Å². The number of phenolic OH excluding ortho intramolecular Hbond substituents is 1. The monoisotopic (exact) mass is 438 g/mol. The molecule has 0 atom stereocenters. The van der Waals surface area contributed by atoms with Crippen LogP contribution in [0, 0.1) is 4.77 Å². The highest BCUT2D eigenvalue weighted by Crippen LogP contribution is 2.34. The number of aromatic nitrogens is 3. The Hall–Kier alpha value is -2.16. The number of nitrogens with zero attached hydrogens (tertiary/aromatic N) is 3. The maximum Gasteiger partial charge on any atom is 0.216 e. The molecule has 25 heavy (non-hydrogen) atoms. The third-order valence-corrected chi connectivity index (χ3v) is 4.56. The van der Waals surface area contributed by atoms with Crippen molar-refractivity contribution in [2.75, 3.05) is 7.11 Å². The molecule has 2 N–H and O–H groups in total. The van der Waals surface area contributed by atoms with Gasteiger partial charge in [0.25, 0.3) is 0 Å². The lowest BCUT2D eigenvalue weighted by Crippen LogP contribution is -1.96. The summed E-state index contributed by atoms with van der Waals surface area (Å²) >= 11 is 14.7. The van der Waals surface area contributed by atoms with Crippen molar-refractivity contribution in [2.24, 2.45) is 5.10 Å². The molecule has 0 saturated heterocycles. The van der Waals surface area contributed by atoms with Crippen LogP contribution in [-0.4, -0.2) is 33.3 Å². The molecule has 2 aromatic carbocycles. The van der Waals surface area contributed by atoms with Gasteiger partial charge in [0.15, 0.2) is 17.3 Å². The summed E-state index contributed by atoms with van der Waals surface area (Å²) < 4.78 is 7.43. The summed E-state index contributed by atoms with van der Waals surface area (Å²) in [6.45, 7) is 0. The first-order chi connectivity index (χ1) is 12.0. The average Bonchev–Trinajstić information content (AvgIpc) is 2.96. The first kappa shape index (κ1) is 17.7. The van der Waals surface area contributed by atoms with Crippen LogP contribution in [0.1, 0.15) is 5.56 Å². The van der Waals surface area contributed by atoms with Gasteiger partial charge in [-0.05, 0) is 58.0 Å². The summed E-state index contributed by atoms with van der Waals surface area (Å²) in [6, 6.07) is 10.7. The lowest BCUT2D eigenvalue weighted by Gasteiger charge is -2.06. The van der Waals surface area contributed by atoms with E-state index in [4.69, 9.17) is 28.6 Å². The van der Waals surface area contributed by atoms with Gasteiger partial charge in [0, 0.05) is 5.56 Å². The quantitative estimate of drug-likeness (QED) is 0.459. The molecule has 0 aliphatic heterocycles. The van der Waals surface area contributed by atoms with Gasteiger partial charge in [0.1, 0.15) is 0 Å². The summed E-state index contributed by atoms with van der Waals surface area (Å²) in [4.78, 5) is 0. The van der Waals surface area contributed by atoms with Gasteiger partial charge >= 0.3 is 0 Å². The highest BCUT2D eigenvalue weighted by Gasteiger charge is 2.12. The van der Waals surface area contributed by atoms with E-state index in [1.54, 1.807) is 24.4 Å². The number of nitrogens with one attached hydrogen (secondary N) is 1. The molecule has 0 saturated carbocycles. The van der Waals surface area contributed by atoms with Gasteiger partial charge in [-0.2, -0.15) is 14.9 Å². The third kappa shape index (κ3) is 3.60. The molecule has 9 heteroatoms. The van der Waals surface area contributed by atoms with Gasteiger partial charge in [-0.15, -0.1) is 0 Å². The van der Waals surface area contributed by atoms with Crippen LogP contribution in [0.4, 0.5) is 0 Å². The number of H-pyrrole nitrogens is 1. The standard InChI is InChI=1S/C16H12BrClN4O2S/c1-24-13-7-9(6-11(17)14(13)23)8-19-22-15(20-21-16(22)25)10-4-2-3-5-12(10)18/h2-8,23H,1H3,(H,21,25)/b19-8-. The van der Waals surface area contributed by atoms with Crippen molar-refractivity contribution in [1.29, 1.82) is 0 Å². The number of phenols is 1. The number of benzene rings is 2. The van der Waals surface area contributed by atoms with Gasteiger partial charge in [0.2, 0.25) is 4.77 Å². The zero-order valence-corrected chi connectivity index (χ0v) is 16.1. The minimum absolute atomic E-state index is 0.0244. The molecule has 0 radical (unpaired) electrons. The SMILES string of the molecule is COc1cc(/C=N\n2c(-c3ccccc3Cl)n[nH]c2=S)cc(Br)c1O. The maximum atomic E-state index is 9.87. The van der Waals surface area contributed by atoms with E-state index >= 15 is 0 Å². The molecule has 0 fully saturated rings. The molecule has 0 bridgehead atoms. The number of hydrogen-bond donors (Lipinski definition) is 2. The topological polar surface area (TPSA) is 75.4 Å². The van der Waals surface area contributed by atoms with Crippen LogP contribution in [0.2, 0.25) is 5.02 Å². The summed E-state index contributed by atoms with van der Waals surface area (Å²) in [5, 5.41) is 21.7. The van der Waals surface area contributed by atoms with Crippen LogP contribution in [0.3, 0.4) is 0 Å². The van der Waals surface area contributed by atoms with Crippen molar-refractivity contribution >= 4 is 46.0 Å². The van der Waals surface area contributed by atoms with Crippen LogP contribution < -0.4 is 4.74 Å². The Morgan fingerprint density at radius 1 is 1.40 bits per heavy atom. The first-order valence-electron chi connectivity index (χ1n) is 7.04. The Balaban J connectivity index is 2.04. The molecule has 128 valence electrons. The molecule has 0 amide bonds. The minimum atomic E-state index is 0.0244. The minimum Gasteiger partial charge on any atom is -0.503 e. The Labute approximate surface area is 161 Å². The van der Waals surface area contributed by atoms with E-state index in [0.717, 1.165) is 0 Å². The van der Waals surface area contributed by atoms with Crippen molar-refractivity contribution in [3.05, 3.63) is 56.2 Å². The number of methoxy groups -OCH3 is 1. The smallest absolute Gasteiger partial charge is 0.216 e. The molecule has 0 unspecified atom stereocenters. The van der Waals surface area contributed by atoms with Crippen LogP contribution in [0.25, 0.3) is 11.4 Å². The van der Waals surface area contributed by atoms with Crippen molar-refractivity contribution in [3.63, 3.8) is 0 Å². The molecule has 0 aliphatic carbocycles. The molecule has 0 spiro atoms. The third-order valence-electron chi connectivity index (χ3n) is 3.36. The van der Waals surface area contributed by atoms with Crippen molar-refractivity contribution in [3.8, 4) is 22.9 Å². The Bertz CT molecular complexity index is 1020. The van der Waals surface area contributed by atoms with E-state index in [1.807, 2.05) is 18.2 Å². The fourth-order valence-electron chi connectivity index (χ4n) is 2.16. The molecule has 0 aliphatic rings. The first-order valence-corrected chi connectivity index (χ1v) is 8.62. The Kier molecular flexibility index (Phi) is 5.22. The second-order valence-corrected chi connectivity index (χ2v) is 6.59. The Morgan fingerprint density at radius 3 is 2.88 bits per heavy atom. The van der Waals surface area contributed by atoms with Gasteiger partial charge in [0.05, 0.1) is 22.8 Å². The molecule has 6 nitrogen and oxygen atoms in total. The number of rotatable bonds is 4. The summed E-state index contributed by atoms with van der Waals surface area (Å²) in [5.74, 6) is 0.853. The van der Waals surface area contributed by atoms with E-state index in [1.165, 1.54) is 11.8 Å². The van der Waals surface area contributed by atoms with Crippen molar-refractivity contribution in [2.45, 2.75) is 0 Å². The van der Waals surface area contributed by atoms with Crippen LogP contribution in [0.15, 0.2) is 46.0 Å². The number of ether oxygens (including phenoxy) is 1. The van der Waals surface area contributed by atoms with Gasteiger partial charge in [-0.1, -0.05) is 23.7 Å². The average molecular weight is 440 g/mol. The molecule has 3 aromatic rings. The Morgan fingerprint density at radius 2 is 2.16 bits per heavy atom. The maximum absolute atomic E-state index is 9.87. The number of halogens is 2. The number of hydrogen-bond acceptors (Lipinski definition) is 5. The number of aromatic hydroxyl groups is 1. The van der Waals surface area contributed by atoms with Gasteiger partial charge in [-0.25, -0.2) is 5.10 Å². The molecular formula is C16H12BrClN4O2S. The van der Waals surface area contributed by atoms with E-state index in [0.29, 0.717) is 37.0 Å². The highest BCUT2D eigenvalue weighted by molar-refractivity contribution is 9.10. The predicted octanol–water partition coefficient (Wildman–Crippen LogP) is 4.62. The van der Waals surface area contributed by atoms with Crippen molar-refractivity contribution < 1.29 is 9.84 Å². The highest BCUT2D eigenvalue weighted by atomic mass is 79.9. The van der Waals surface area contributed by atoms with Gasteiger partial charge < -0.3 is 9.84 Å². The van der Waals surface area contributed by atoms with Crippen LogP contribution in [0.5, 0.6) is 11.5 Å². The zero-order chi connectivity index (χ0) is 18.0. The normalized spacial score (nSPS) is 11.2. The second-order valence-electron chi connectivity index (χ2n) is 4.94. The largest absolute Gasteiger partial charge is 0.503 e. The molecule has 1 heterocycles. The summed E-state index contributed by atoms with van der Waals surface area (Å²) in [5.41, 5.74) is 1.41. The molecular weight excluding hydrogens is 428 g/mol. The second kappa shape index (κ2) is 7.38. The number of aromatic amines is 1. The fraction of sp³-hybridized carbons (Fsp3) is 0.0625. The fourth-order valence-corrected chi connectivity index (χ4v) is 3.02. The van der Waals surface area contributed by atoms with Crippen LogP contribution >= 0.6 is 39.7 Å². The molecule has 1 aromatic heterocycles. The zero-order valence-electron chi connectivity index (χ0n) is 12.9. The lowest BCUT2D eigenvalue weighted by atomic mass is 10.2. The summed E-state index contributed by atoms with van der Waals surface area (Å²) in [7, 11) is 1.48. The van der Waals surface area contributed by atoms with E-state index < -0.39 is 0 Å². The van der Waals surface area contributed by atoms with E-state index in [2.05, 4.69) is 31.2 Å². The van der Waals surface area contributed by atoms with E-state index in [9.17, 15) is 5.11 Å². The van der Waals surface area contributed by atoms with Crippen LogP contribution in [-0.2, 0) is 0 Å². The van der Waals surface area contributed by atoms with E-state index in [-0.39, 0.29) is 5.75 Å². The van der Waals surface area contributed by atoms with Crippen molar-refractivity contribution in [1.82, 2.24) is 14.9 Å². The molecule has 3 rings (SSSR count).